The summed E-state index contributed by atoms with van der Waals surface area (Å²) in [6.07, 6.45) is 0.687. The minimum atomic E-state index is -0.556. The average molecular weight is 324 g/mol. The lowest BCUT2D eigenvalue weighted by Gasteiger charge is -2.16. The zero-order chi connectivity index (χ0) is 16.9. The van der Waals surface area contributed by atoms with Crippen LogP contribution in [-0.2, 0) is 11.3 Å². The summed E-state index contributed by atoms with van der Waals surface area (Å²) in [4.78, 5) is 25.7. The van der Waals surface area contributed by atoms with Crippen LogP contribution >= 0.6 is 0 Å². The number of benzene rings is 2. The highest BCUT2D eigenvalue weighted by molar-refractivity contribution is 5.97. The van der Waals surface area contributed by atoms with E-state index in [0.29, 0.717) is 11.1 Å². The van der Waals surface area contributed by atoms with Crippen LogP contribution in [0, 0.1) is 0 Å². The number of primary amides is 1. The van der Waals surface area contributed by atoms with E-state index in [9.17, 15) is 9.59 Å². The molecule has 1 fully saturated rings. The van der Waals surface area contributed by atoms with Crippen molar-refractivity contribution in [1.29, 1.82) is 0 Å². The van der Waals surface area contributed by atoms with E-state index in [1.165, 1.54) is 11.6 Å². The standard InChI is InChI=1S/C19H20N2O3/c20-18(22)15-7-4-8-16(11-15)19(23)24-17-9-10-21(13-17)12-14-5-2-1-3-6-14/h1-8,11,17H,9-10,12-13H2,(H2,20,22)/t17-/m1/s1. The van der Waals surface area contributed by atoms with Gasteiger partial charge in [-0.3, -0.25) is 9.69 Å². The summed E-state index contributed by atoms with van der Waals surface area (Å²) < 4.78 is 5.57. The lowest BCUT2D eigenvalue weighted by molar-refractivity contribution is 0.0320. The molecule has 2 N–H and O–H groups in total. The van der Waals surface area contributed by atoms with Gasteiger partial charge in [-0.25, -0.2) is 4.79 Å². The fourth-order valence-corrected chi connectivity index (χ4v) is 2.90. The van der Waals surface area contributed by atoms with Crippen molar-refractivity contribution in [3.05, 3.63) is 71.3 Å². The first kappa shape index (κ1) is 16.2. The van der Waals surface area contributed by atoms with Crippen LogP contribution < -0.4 is 5.73 Å². The molecule has 0 unspecified atom stereocenters. The molecule has 5 heteroatoms. The van der Waals surface area contributed by atoms with Gasteiger partial charge in [0.15, 0.2) is 0 Å². The molecule has 3 rings (SSSR count). The van der Waals surface area contributed by atoms with Gasteiger partial charge < -0.3 is 10.5 Å². The zero-order valence-corrected chi connectivity index (χ0v) is 13.4. The summed E-state index contributed by atoms with van der Waals surface area (Å²) in [6, 6.07) is 16.5. The molecule has 1 atom stereocenters. The molecule has 0 aromatic heterocycles. The third-order valence-corrected chi connectivity index (χ3v) is 4.13. The number of rotatable bonds is 5. The first-order valence-corrected chi connectivity index (χ1v) is 7.99. The normalized spacial score (nSPS) is 17.6. The quantitative estimate of drug-likeness (QED) is 0.856. The van der Waals surface area contributed by atoms with Crippen LogP contribution in [0.15, 0.2) is 54.6 Å². The van der Waals surface area contributed by atoms with E-state index in [0.717, 1.165) is 26.1 Å². The second-order valence-electron chi connectivity index (χ2n) is 5.98. The van der Waals surface area contributed by atoms with Gasteiger partial charge in [-0.15, -0.1) is 0 Å². The van der Waals surface area contributed by atoms with Gasteiger partial charge in [0.1, 0.15) is 6.10 Å². The van der Waals surface area contributed by atoms with Gasteiger partial charge in [-0.1, -0.05) is 36.4 Å². The molecule has 0 radical (unpaired) electrons. The van der Waals surface area contributed by atoms with Gasteiger partial charge in [0.25, 0.3) is 0 Å². The Bertz CT molecular complexity index is 730. The predicted molar refractivity (Wildman–Crippen MR) is 90.5 cm³/mol. The Morgan fingerprint density at radius 3 is 2.58 bits per heavy atom. The SMILES string of the molecule is NC(=O)c1cccc(C(=O)O[C@@H]2CCN(Cc3ccccc3)C2)c1. The molecule has 0 saturated carbocycles. The number of carbonyl (C=O) groups excluding carboxylic acids is 2. The number of hydrogen-bond acceptors (Lipinski definition) is 4. The molecule has 1 saturated heterocycles. The van der Waals surface area contributed by atoms with Crippen molar-refractivity contribution in [2.45, 2.75) is 19.1 Å². The minimum Gasteiger partial charge on any atom is -0.457 e. The molecule has 1 aliphatic rings. The highest BCUT2D eigenvalue weighted by Gasteiger charge is 2.26. The van der Waals surface area contributed by atoms with Gasteiger partial charge in [-0.2, -0.15) is 0 Å². The molecular weight excluding hydrogens is 304 g/mol. The number of nitrogens with two attached hydrogens (primary N) is 1. The third kappa shape index (κ3) is 4.00. The van der Waals surface area contributed by atoms with Crippen LogP contribution in [0.1, 0.15) is 32.7 Å². The van der Waals surface area contributed by atoms with Crippen molar-refractivity contribution in [3.63, 3.8) is 0 Å². The van der Waals surface area contributed by atoms with E-state index < -0.39 is 11.9 Å². The minimum absolute atomic E-state index is 0.126. The fourth-order valence-electron chi connectivity index (χ4n) is 2.90. The topological polar surface area (TPSA) is 72.6 Å². The average Bonchev–Trinajstić information content (AvgIpc) is 3.02. The fraction of sp³-hybridized carbons (Fsp3) is 0.263. The number of esters is 1. The number of nitrogens with zero attached hydrogens (tertiary/aromatic N) is 1. The second kappa shape index (κ2) is 7.27. The molecule has 5 nitrogen and oxygen atoms in total. The van der Waals surface area contributed by atoms with Crippen LogP contribution in [0.3, 0.4) is 0 Å². The molecule has 1 aliphatic heterocycles. The van der Waals surface area contributed by atoms with Crippen molar-refractivity contribution >= 4 is 11.9 Å². The van der Waals surface area contributed by atoms with Gasteiger partial charge in [-0.05, 0) is 30.2 Å². The Morgan fingerprint density at radius 2 is 1.83 bits per heavy atom. The molecule has 124 valence electrons. The number of likely N-dealkylation sites (tertiary alicyclic amines) is 1. The first-order chi connectivity index (χ1) is 11.6. The van der Waals surface area contributed by atoms with Gasteiger partial charge in [0.2, 0.25) is 5.91 Å². The highest BCUT2D eigenvalue weighted by Crippen LogP contribution is 2.18. The first-order valence-electron chi connectivity index (χ1n) is 7.99. The smallest absolute Gasteiger partial charge is 0.338 e. The highest BCUT2D eigenvalue weighted by atomic mass is 16.5. The van der Waals surface area contributed by atoms with Crippen molar-refractivity contribution < 1.29 is 14.3 Å². The Labute approximate surface area is 141 Å². The molecule has 0 aliphatic carbocycles. The number of hydrogen-bond donors (Lipinski definition) is 1. The summed E-state index contributed by atoms with van der Waals surface area (Å²) in [7, 11) is 0. The largest absolute Gasteiger partial charge is 0.457 e. The molecule has 0 bridgehead atoms. The number of amides is 1. The van der Waals surface area contributed by atoms with Crippen LogP contribution in [0.4, 0.5) is 0 Å². The van der Waals surface area contributed by atoms with E-state index in [-0.39, 0.29) is 6.10 Å². The van der Waals surface area contributed by atoms with Gasteiger partial charge in [0.05, 0.1) is 5.56 Å². The van der Waals surface area contributed by atoms with Crippen molar-refractivity contribution in [1.82, 2.24) is 4.90 Å². The maximum atomic E-state index is 12.2. The van der Waals surface area contributed by atoms with E-state index in [1.807, 2.05) is 18.2 Å². The lowest BCUT2D eigenvalue weighted by atomic mass is 10.1. The van der Waals surface area contributed by atoms with Gasteiger partial charge >= 0.3 is 5.97 Å². The summed E-state index contributed by atoms with van der Waals surface area (Å²) in [5.74, 6) is -0.968. The van der Waals surface area contributed by atoms with E-state index in [4.69, 9.17) is 10.5 Å². The van der Waals surface area contributed by atoms with Crippen LogP contribution in [0.25, 0.3) is 0 Å². The Morgan fingerprint density at radius 1 is 1.08 bits per heavy atom. The second-order valence-corrected chi connectivity index (χ2v) is 5.98. The molecule has 24 heavy (non-hydrogen) atoms. The van der Waals surface area contributed by atoms with Crippen molar-refractivity contribution in [2.75, 3.05) is 13.1 Å². The third-order valence-electron chi connectivity index (χ3n) is 4.13. The summed E-state index contributed by atoms with van der Waals surface area (Å²) in [6.45, 7) is 2.47. The number of ether oxygens (including phenoxy) is 1. The summed E-state index contributed by atoms with van der Waals surface area (Å²) >= 11 is 0. The zero-order valence-electron chi connectivity index (χ0n) is 13.4. The monoisotopic (exact) mass is 324 g/mol. The summed E-state index contributed by atoms with van der Waals surface area (Å²) in [5.41, 5.74) is 7.15. The molecule has 2 aromatic carbocycles. The van der Waals surface area contributed by atoms with Crippen molar-refractivity contribution in [3.8, 4) is 0 Å². The van der Waals surface area contributed by atoms with Crippen LogP contribution in [-0.4, -0.2) is 36.0 Å². The molecular formula is C19H20N2O3. The lowest BCUT2D eigenvalue weighted by Crippen LogP contribution is -2.25. The number of carbonyl (C=O) groups is 2. The summed E-state index contributed by atoms with van der Waals surface area (Å²) in [5, 5.41) is 0. The Hall–Kier alpha value is -2.66. The molecule has 0 spiro atoms. The van der Waals surface area contributed by atoms with Crippen LogP contribution in [0.2, 0.25) is 0 Å². The molecule has 1 heterocycles. The maximum absolute atomic E-state index is 12.2. The molecule has 1 amide bonds. The predicted octanol–water partition coefficient (Wildman–Crippen LogP) is 2.22. The van der Waals surface area contributed by atoms with Gasteiger partial charge in [0, 0.05) is 25.2 Å². The van der Waals surface area contributed by atoms with E-state index >= 15 is 0 Å². The Balaban J connectivity index is 1.56. The van der Waals surface area contributed by atoms with E-state index in [2.05, 4.69) is 17.0 Å². The Kier molecular flexibility index (Phi) is 4.91. The van der Waals surface area contributed by atoms with Crippen LogP contribution in [0.5, 0.6) is 0 Å². The van der Waals surface area contributed by atoms with E-state index in [1.54, 1.807) is 18.2 Å². The van der Waals surface area contributed by atoms with Crippen molar-refractivity contribution in [2.24, 2.45) is 5.73 Å². The molecule has 2 aromatic rings. The maximum Gasteiger partial charge on any atom is 0.338 e.